The van der Waals surface area contributed by atoms with Gasteiger partial charge in [0.25, 0.3) is 0 Å². The molecule has 0 bridgehead atoms. The second-order valence-electron chi connectivity index (χ2n) is 6.09. The zero-order chi connectivity index (χ0) is 13.4. The number of nitrogens with one attached hydrogen (secondary N) is 1. The van der Waals surface area contributed by atoms with Gasteiger partial charge >= 0.3 is 0 Å². The molecule has 0 amide bonds. The van der Waals surface area contributed by atoms with Crippen LogP contribution in [0.1, 0.15) is 26.7 Å². The van der Waals surface area contributed by atoms with E-state index in [2.05, 4.69) is 17.3 Å². The van der Waals surface area contributed by atoms with Crippen LogP contribution >= 0.6 is 0 Å². The van der Waals surface area contributed by atoms with Crippen LogP contribution in [0.5, 0.6) is 0 Å². The molecule has 0 spiro atoms. The smallest absolute Gasteiger partial charge is 0.220 e. The summed E-state index contributed by atoms with van der Waals surface area (Å²) < 4.78 is 26.5. The summed E-state index contributed by atoms with van der Waals surface area (Å²) >= 11 is 0. The lowest BCUT2D eigenvalue weighted by molar-refractivity contribution is 0.183. The van der Waals surface area contributed by atoms with Crippen molar-refractivity contribution in [2.24, 2.45) is 0 Å². The molecule has 0 aromatic rings. The zero-order valence-corrected chi connectivity index (χ0v) is 12.5. The predicted molar refractivity (Wildman–Crippen MR) is 73.1 cm³/mol. The van der Waals surface area contributed by atoms with Crippen molar-refractivity contribution in [3.63, 3.8) is 0 Å². The molecule has 0 aromatic heterocycles. The zero-order valence-electron chi connectivity index (χ0n) is 11.6. The minimum Gasteiger partial charge on any atom is -0.314 e. The number of sulfonamides is 1. The molecule has 0 aromatic carbocycles. The highest BCUT2D eigenvalue weighted by molar-refractivity contribution is 7.90. The molecule has 0 aliphatic carbocycles. The van der Waals surface area contributed by atoms with Crippen LogP contribution in [-0.2, 0) is 10.0 Å². The topological polar surface area (TPSA) is 52.6 Å². The Morgan fingerprint density at radius 1 is 1.17 bits per heavy atom. The van der Waals surface area contributed by atoms with E-state index in [1.807, 2.05) is 13.8 Å². The number of nitrogens with zero attached hydrogens (tertiary/aromatic N) is 2. The van der Waals surface area contributed by atoms with E-state index in [-0.39, 0.29) is 6.04 Å². The van der Waals surface area contributed by atoms with E-state index in [9.17, 15) is 8.42 Å². The van der Waals surface area contributed by atoms with Crippen molar-refractivity contribution in [2.75, 3.05) is 39.8 Å². The molecule has 2 heterocycles. The Bertz CT molecular complexity index is 386. The van der Waals surface area contributed by atoms with Crippen LogP contribution in [0.15, 0.2) is 0 Å². The van der Waals surface area contributed by atoms with Crippen LogP contribution < -0.4 is 5.32 Å². The van der Waals surface area contributed by atoms with Crippen molar-refractivity contribution in [2.45, 2.75) is 37.5 Å². The van der Waals surface area contributed by atoms with Crippen molar-refractivity contribution >= 4 is 10.0 Å². The molecular weight excluding hydrogens is 250 g/mol. The first-order valence-electron chi connectivity index (χ1n) is 6.75. The summed E-state index contributed by atoms with van der Waals surface area (Å²) in [6.45, 7) is 7.54. The van der Waals surface area contributed by atoms with Gasteiger partial charge in [-0.2, -0.15) is 4.31 Å². The Morgan fingerprint density at radius 3 is 2.39 bits per heavy atom. The lowest BCUT2D eigenvalue weighted by atomic mass is 10.1. The van der Waals surface area contributed by atoms with Crippen LogP contribution in [0.3, 0.4) is 0 Å². The van der Waals surface area contributed by atoms with E-state index in [4.69, 9.17) is 0 Å². The fourth-order valence-corrected chi connectivity index (χ4v) is 4.62. The van der Waals surface area contributed by atoms with Gasteiger partial charge in [-0.3, -0.25) is 0 Å². The highest BCUT2D eigenvalue weighted by atomic mass is 32.2. The summed E-state index contributed by atoms with van der Waals surface area (Å²) in [6.07, 6.45) is 1.90. The normalized spacial score (nSPS) is 31.1. The first-order valence-corrected chi connectivity index (χ1v) is 8.19. The molecule has 0 unspecified atom stereocenters. The van der Waals surface area contributed by atoms with Gasteiger partial charge in [0.05, 0.1) is 4.75 Å². The molecule has 2 aliphatic heterocycles. The minimum atomic E-state index is -3.20. The van der Waals surface area contributed by atoms with E-state index in [0.717, 1.165) is 32.5 Å². The fraction of sp³-hybridized carbons (Fsp3) is 1.00. The predicted octanol–water partition coefficient (Wildman–Crippen LogP) is 0.0942. The van der Waals surface area contributed by atoms with Gasteiger partial charge in [-0.25, -0.2) is 8.42 Å². The quantitative estimate of drug-likeness (QED) is 0.737. The molecule has 106 valence electrons. The average molecular weight is 275 g/mol. The van der Waals surface area contributed by atoms with E-state index < -0.39 is 14.8 Å². The second-order valence-corrected chi connectivity index (χ2v) is 8.61. The van der Waals surface area contributed by atoms with Gasteiger partial charge < -0.3 is 10.2 Å². The third-order valence-corrected chi connectivity index (χ3v) is 6.80. The lowest BCUT2D eigenvalue weighted by Crippen LogP contribution is -2.52. The molecule has 18 heavy (non-hydrogen) atoms. The van der Waals surface area contributed by atoms with Gasteiger partial charge in [-0.05, 0) is 46.8 Å². The van der Waals surface area contributed by atoms with Gasteiger partial charge in [0.2, 0.25) is 10.0 Å². The largest absolute Gasteiger partial charge is 0.314 e. The molecule has 2 aliphatic rings. The number of rotatable bonds is 1. The van der Waals surface area contributed by atoms with Crippen LogP contribution in [0, 0.1) is 0 Å². The van der Waals surface area contributed by atoms with Crippen molar-refractivity contribution < 1.29 is 8.42 Å². The summed E-state index contributed by atoms with van der Waals surface area (Å²) in [5.41, 5.74) is 0. The van der Waals surface area contributed by atoms with E-state index in [1.54, 1.807) is 4.31 Å². The molecule has 2 fully saturated rings. The second kappa shape index (κ2) is 5.07. The SMILES string of the molecule is CN1CCC(N2CCNCC(C)(C)S2(=O)=O)CC1. The molecule has 2 rings (SSSR count). The van der Waals surface area contributed by atoms with Crippen molar-refractivity contribution in [3.8, 4) is 0 Å². The third-order valence-electron chi connectivity index (χ3n) is 4.16. The highest BCUT2D eigenvalue weighted by Gasteiger charge is 2.43. The Hall–Kier alpha value is -0.170. The van der Waals surface area contributed by atoms with E-state index in [0.29, 0.717) is 13.1 Å². The van der Waals surface area contributed by atoms with Crippen molar-refractivity contribution in [3.05, 3.63) is 0 Å². The number of hydrogen-bond acceptors (Lipinski definition) is 4. The first kappa shape index (κ1) is 14.2. The number of likely N-dealkylation sites (tertiary alicyclic amines) is 1. The lowest BCUT2D eigenvalue weighted by Gasteiger charge is -2.38. The van der Waals surface area contributed by atoms with Crippen LogP contribution in [0.25, 0.3) is 0 Å². The van der Waals surface area contributed by atoms with Gasteiger partial charge in [0.1, 0.15) is 0 Å². The monoisotopic (exact) mass is 275 g/mol. The van der Waals surface area contributed by atoms with Crippen LogP contribution in [0.2, 0.25) is 0 Å². The molecule has 0 saturated carbocycles. The highest BCUT2D eigenvalue weighted by Crippen LogP contribution is 2.27. The van der Waals surface area contributed by atoms with E-state index >= 15 is 0 Å². The third kappa shape index (κ3) is 2.57. The summed E-state index contributed by atoms with van der Waals surface area (Å²) in [5, 5.41) is 3.24. The molecule has 2 saturated heterocycles. The molecule has 6 heteroatoms. The summed E-state index contributed by atoms with van der Waals surface area (Å²) in [7, 11) is -1.11. The van der Waals surface area contributed by atoms with Crippen LogP contribution in [0.4, 0.5) is 0 Å². The summed E-state index contributed by atoms with van der Waals surface area (Å²) in [5.74, 6) is 0. The molecular formula is C12H25N3O2S. The maximum absolute atomic E-state index is 12.7. The van der Waals surface area contributed by atoms with Crippen molar-refractivity contribution in [1.29, 1.82) is 0 Å². The van der Waals surface area contributed by atoms with Gasteiger partial charge in [-0.1, -0.05) is 0 Å². The fourth-order valence-electron chi connectivity index (χ4n) is 2.77. The number of hydrogen-bond donors (Lipinski definition) is 1. The molecule has 0 radical (unpaired) electrons. The molecule has 1 N–H and O–H groups in total. The minimum absolute atomic E-state index is 0.186. The Balaban J connectivity index is 2.20. The Morgan fingerprint density at radius 2 is 1.78 bits per heavy atom. The standard InChI is InChI=1S/C12H25N3O2S/c1-12(2)10-13-6-9-15(18(12,16)17)11-4-7-14(3)8-5-11/h11,13H,4-10H2,1-3H3. The van der Waals surface area contributed by atoms with E-state index in [1.165, 1.54) is 0 Å². The summed E-state index contributed by atoms with van der Waals surface area (Å²) in [6, 6.07) is 0.186. The van der Waals surface area contributed by atoms with Gasteiger partial charge in [0, 0.05) is 25.7 Å². The van der Waals surface area contributed by atoms with Gasteiger partial charge in [0.15, 0.2) is 0 Å². The maximum Gasteiger partial charge on any atom is 0.220 e. The maximum atomic E-state index is 12.7. The Kier molecular flexibility index (Phi) is 4.02. The molecule has 0 atom stereocenters. The van der Waals surface area contributed by atoms with Crippen LogP contribution in [-0.4, -0.2) is 68.2 Å². The average Bonchev–Trinajstić information content (AvgIpc) is 2.39. The number of piperidine rings is 1. The first-order chi connectivity index (χ1) is 8.34. The van der Waals surface area contributed by atoms with Gasteiger partial charge in [-0.15, -0.1) is 0 Å². The summed E-state index contributed by atoms with van der Waals surface area (Å²) in [4.78, 5) is 2.27. The Labute approximate surface area is 111 Å². The molecule has 5 nitrogen and oxygen atoms in total. The van der Waals surface area contributed by atoms with Crippen molar-refractivity contribution in [1.82, 2.24) is 14.5 Å².